The van der Waals surface area contributed by atoms with Gasteiger partial charge in [-0.3, -0.25) is 0 Å². The second-order valence-corrected chi connectivity index (χ2v) is 4.04. The fourth-order valence-electron chi connectivity index (χ4n) is 1.75. The van der Waals surface area contributed by atoms with Crippen molar-refractivity contribution >= 4 is 5.97 Å². The number of esters is 1. The van der Waals surface area contributed by atoms with Crippen LogP contribution >= 0.6 is 0 Å². The molecule has 0 unspecified atom stereocenters. The fourth-order valence-corrected chi connectivity index (χ4v) is 1.75. The Labute approximate surface area is 118 Å². The molecule has 2 aromatic carbocycles. The van der Waals surface area contributed by atoms with Gasteiger partial charge >= 0.3 is 5.97 Å². The summed E-state index contributed by atoms with van der Waals surface area (Å²) in [5, 5.41) is 0. The molecule has 0 radical (unpaired) electrons. The molecule has 0 aliphatic rings. The first-order valence-electron chi connectivity index (χ1n) is 6.45. The molecule has 0 atom stereocenters. The summed E-state index contributed by atoms with van der Waals surface area (Å²) >= 11 is 0. The van der Waals surface area contributed by atoms with Gasteiger partial charge in [-0.05, 0) is 18.6 Å². The number of rotatable bonds is 5. The van der Waals surface area contributed by atoms with E-state index >= 15 is 0 Å². The average molecular weight is 268 g/mol. The Morgan fingerprint density at radius 1 is 1.05 bits per heavy atom. The van der Waals surface area contributed by atoms with Gasteiger partial charge in [-0.2, -0.15) is 0 Å². The number of ether oxygens (including phenoxy) is 2. The Kier molecular flexibility index (Phi) is 4.95. The van der Waals surface area contributed by atoms with Crippen LogP contribution in [0.3, 0.4) is 0 Å². The highest BCUT2D eigenvalue weighted by molar-refractivity contribution is 5.85. The van der Waals surface area contributed by atoms with Crippen molar-refractivity contribution < 1.29 is 14.3 Å². The van der Waals surface area contributed by atoms with E-state index in [1.807, 2.05) is 55.5 Å². The molecule has 0 saturated carbocycles. The highest BCUT2D eigenvalue weighted by Gasteiger charge is 2.08. The molecule has 0 aliphatic heterocycles. The monoisotopic (exact) mass is 268 g/mol. The lowest BCUT2D eigenvalue weighted by atomic mass is 10.1. The van der Waals surface area contributed by atoms with E-state index in [-0.39, 0.29) is 0 Å². The molecular weight excluding hydrogens is 252 g/mol. The van der Waals surface area contributed by atoms with E-state index in [0.29, 0.717) is 12.4 Å². The third-order valence-corrected chi connectivity index (χ3v) is 2.65. The lowest BCUT2D eigenvalue weighted by molar-refractivity contribution is -0.129. The summed E-state index contributed by atoms with van der Waals surface area (Å²) in [5.41, 5.74) is 1.89. The number of carbonyl (C=O) groups excluding carboxylic acids is 1. The van der Waals surface area contributed by atoms with E-state index < -0.39 is 5.97 Å². The molecule has 0 aromatic heterocycles. The van der Waals surface area contributed by atoms with E-state index in [9.17, 15) is 4.79 Å². The van der Waals surface area contributed by atoms with Gasteiger partial charge in [0.25, 0.3) is 0 Å². The standard InChI is InChI=1S/C17H16O3/c1-2-19-13-12-17(18)20-16-11-7-6-10-15(16)14-8-4-3-5-9-14/h3-13H,2H2,1H3. The Balaban J connectivity index is 2.19. The predicted molar refractivity (Wildman–Crippen MR) is 78.3 cm³/mol. The van der Waals surface area contributed by atoms with Crippen LogP contribution < -0.4 is 4.74 Å². The van der Waals surface area contributed by atoms with E-state index in [0.717, 1.165) is 11.1 Å². The summed E-state index contributed by atoms with van der Waals surface area (Å²) in [5.74, 6) is 0.0756. The van der Waals surface area contributed by atoms with Crippen molar-refractivity contribution in [3.63, 3.8) is 0 Å². The molecule has 0 aliphatic carbocycles. The maximum absolute atomic E-state index is 11.7. The number of benzene rings is 2. The van der Waals surface area contributed by atoms with Gasteiger partial charge in [-0.15, -0.1) is 0 Å². The highest BCUT2D eigenvalue weighted by atomic mass is 16.5. The minimum atomic E-state index is -0.457. The van der Waals surface area contributed by atoms with Crippen molar-refractivity contribution in [2.45, 2.75) is 6.92 Å². The minimum Gasteiger partial charge on any atom is -0.501 e. The molecule has 0 spiro atoms. The molecule has 3 nitrogen and oxygen atoms in total. The fraction of sp³-hybridized carbons (Fsp3) is 0.118. The topological polar surface area (TPSA) is 35.5 Å². The lowest BCUT2D eigenvalue weighted by Crippen LogP contribution is -2.05. The molecule has 20 heavy (non-hydrogen) atoms. The van der Waals surface area contributed by atoms with Crippen molar-refractivity contribution in [3.05, 3.63) is 66.9 Å². The highest BCUT2D eigenvalue weighted by Crippen LogP contribution is 2.29. The van der Waals surface area contributed by atoms with Crippen LogP contribution in [-0.4, -0.2) is 12.6 Å². The Hall–Kier alpha value is -2.55. The largest absolute Gasteiger partial charge is 0.501 e. The summed E-state index contributed by atoms with van der Waals surface area (Å²) in [6.45, 7) is 2.37. The van der Waals surface area contributed by atoms with E-state index in [2.05, 4.69) is 0 Å². The zero-order valence-corrected chi connectivity index (χ0v) is 11.3. The third-order valence-electron chi connectivity index (χ3n) is 2.65. The van der Waals surface area contributed by atoms with Gasteiger partial charge in [0.15, 0.2) is 0 Å². The van der Waals surface area contributed by atoms with Crippen LogP contribution in [-0.2, 0) is 9.53 Å². The molecule has 0 heterocycles. The molecule has 0 fully saturated rings. The SMILES string of the molecule is CCOC=CC(=O)Oc1ccccc1-c1ccccc1. The Morgan fingerprint density at radius 3 is 2.50 bits per heavy atom. The van der Waals surface area contributed by atoms with Crippen LogP contribution in [0.4, 0.5) is 0 Å². The van der Waals surface area contributed by atoms with Gasteiger partial charge in [0.05, 0.1) is 18.9 Å². The average Bonchev–Trinajstić information content (AvgIpc) is 2.49. The maximum atomic E-state index is 11.7. The molecular formula is C17H16O3. The maximum Gasteiger partial charge on any atom is 0.339 e. The quantitative estimate of drug-likeness (QED) is 0.358. The Bertz CT molecular complexity index is 588. The lowest BCUT2D eigenvalue weighted by Gasteiger charge is -2.08. The van der Waals surface area contributed by atoms with Crippen LogP contribution in [0.2, 0.25) is 0 Å². The van der Waals surface area contributed by atoms with Gasteiger partial charge in [0, 0.05) is 5.56 Å². The summed E-state index contributed by atoms with van der Waals surface area (Å²) in [6.07, 6.45) is 2.61. The number of hydrogen-bond donors (Lipinski definition) is 0. The minimum absolute atomic E-state index is 0.457. The molecule has 2 aromatic rings. The summed E-state index contributed by atoms with van der Waals surface area (Å²) in [4.78, 5) is 11.7. The first-order chi connectivity index (χ1) is 9.81. The molecule has 3 heteroatoms. The summed E-state index contributed by atoms with van der Waals surface area (Å²) < 4.78 is 10.3. The van der Waals surface area contributed by atoms with E-state index in [4.69, 9.17) is 9.47 Å². The zero-order valence-electron chi connectivity index (χ0n) is 11.3. The van der Waals surface area contributed by atoms with Gasteiger partial charge in [-0.25, -0.2) is 4.79 Å². The second kappa shape index (κ2) is 7.14. The van der Waals surface area contributed by atoms with Gasteiger partial charge in [0.2, 0.25) is 0 Å². The van der Waals surface area contributed by atoms with Crippen molar-refractivity contribution in [3.8, 4) is 16.9 Å². The molecule has 0 bridgehead atoms. The van der Waals surface area contributed by atoms with Gasteiger partial charge in [-0.1, -0.05) is 48.5 Å². The van der Waals surface area contributed by atoms with E-state index in [1.165, 1.54) is 12.3 Å². The zero-order chi connectivity index (χ0) is 14.2. The molecule has 2 rings (SSSR count). The van der Waals surface area contributed by atoms with Crippen LogP contribution in [0, 0.1) is 0 Å². The third kappa shape index (κ3) is 3.72. The summed E-state index contributed by atoms with van der Waals surface area (Å²) in [6, 6.07) is 17.2. The van der Waals surface area contributed by atoms with Gasteiger partial charge < -0.3 is 9.47 Å². The summed E-state index contributed by atoms with van der Waals surface area (Å²) in [7, 11) is 0. The van der Waals surface area contributed by atoms with Crippen LogP contribution in [0.1, 0.15) is 6.92 Å². The predicted octanol–water partition coefficient (Wildman–Crippen LogP) is 3.81. The number of hydrogen-bond acceptors (Lipinski definition) is 3. The first-order valence-corrected chi connectivity index (χ1v) is 6.45. The van der Waals surface area contributed by atoms with E-state index in [1.54, 1.807) is 6.07 Å². The molecule has 0 saturated heterocycles. The normalized spacial score (nSPS) is 10.4. The van der Waals surface area contributed by atoms with Crippen molar-refractivity contribution in [1.29, 1.82) is 0 Å². The van der Waals surface area contributed by atoms with Gasteiger partial charge in [0.1, 0.15) is 5.75 Å². The molecule has 102 valence electrons. The van der Waals surface area contributed by atoms with Crippen LogP contribution in [0.5, 0.6) is 5.75 Å². The molecule has 0 N–H and O–H groups in total. The Morgan fingerprint density at radius 2 is 1.75 bits per heavy atom. The van der Waals surface area contributed by atoms with Crippen molar-refractivity contribution in [1.82, 2.24) is 0 Å². The first kappa shape index (κ1) is 13.9. The van der Waals surface area contributed by atoms with Crippen molar-refractivity contribution in [2.24, 2.45) is 0 Å². The van der Waals surface area contributed by atoms with Crippen molar-refractivity contribution in [2.75, 3.05) is 6.61 Å². The van der Waals surface area contributed by atoms with Crippen LogP contribution in [0.15, 0.2) is 66.9 Å². The smallest absolute Gasteiger partial charge is 0.339 e. The molecule has 0 amide bonds. The van der Waals surface area contributed by atoms with Crippen LogP contribution in [0.25, 0.3) is 11.1 Å². The number of carbonyl (C=O) groups is 1. The number of para-hydroxylation sites is 1. The second-order valence-electron chi connectivity index (χ2n) is 4.04.